The minimum atomic E-state index is -4.55. The van der Waals surface area contributed by atoms with E-state index in [4.69, 9.17) is 0 Å². The third-order valence-electron chi connectivity index (χ3n) is 8.34. The normalized spacial score (nSPS) is 18.5. The van der Waals surface area contributed by atoms with Gasteiger partial charge >= 0.3 is 11.9 Å². The molecular weight excluding hydrogens is 536 g/mol. The molecule has 41 heavy (non-hydrogen) atoms. The molecule has 6 rings (SSSR count). The molecule has 2 aromatic heterocycles. The van der Waals surface area contributed by atoms with Gasteiger partial charge in [-0.05, 0) is 49.7 Å². The number of likely N-dealkylation sites (N-methyl/N-ethyl adjacent to an activating group) is 1. The lowest BCUT2D eigenvalue weighted by molar-refractivity contribution is -0.138. The number of nitrogens with zero attached hydrogens (tertiary/aromatic N) is 6. The molecule has 4 aromatic rings. The molecule has 0 spiro atoms. The van der Waals surface area contributed by atoms with E-state index >= 15 is 0 Å². The Labute approximate surface area is 235 Å². The third kappa shape index (κ3) is 4.96. The molecule has 1 unspecified atom stereocenters. The summed E-state index contributed by atoms with van der Waals surface area (Å²) in [5.41, 5.74) is 1.35. The summed E-state index contributed by atoms with van der Waals surface area (Å²) < 4.78 is 59.7. The molecule has 11 heteroatoms. The van der Waals surface area contributed by atoms with E-state index in [0.29, 0.717) is 55.1 Å². The highest BCUT2D eigenvalue weighted by Crippen LogP contribution is 2.36. The number of rotatable bonds is 5. The van der Waals surface area contributed by atoms with Crippen LogP contribution in [0.2, 0.25) is 0 Å². The van der Waals surface area contributed by atoms with Crippen molar-refractivity contribution in [1.82, 2.24) is 19.0 Å². The fraction of sp³-hybridized carbons (Fsp3) is 0.400. The number of aryl methyl sites for hydroxylation is 1. The number of para-hydroxylation sites is 1. The van der Waals surface area contributed by atoms with E-state index in [0.717, 1.165) is 24.7 Å². The van der Waals surface area contributed by atoms with Crippen LogP contribution in [0.15, 0.2) is 59.5 Å². The van der Waals surface area contributed by atoms with Gasteiger partial charge in [0.15, 0.2) is 5.82 Å². The number of hydrogen-bond acceptors (Lipinski definition) is 5. The lowest BCUT2D eigenvalue weighted by Gasteiger charge is -2.33. The van der Waals surface area contributed by atoms with Crippen LogP contribution in [-0.4, -0.2) is 65.3 Å². The molecule has 216 valence electrons. The van der Waals surface area contributed by atoms with Gasteiger partial charge in [-0.1, -0.05) is 30.3 Å². The van der Waals surface area contributed by atoms with E-state index in [1.54, 1.807) is 29.0 Å². The Kier molecular flexibility index (Phi) is 7.01. The number of aromatic nitrogens is 3. The molecule has 0 radical (unpaired) electrons. The van der Waals surface area contributed by atoms with E-state index < -0.39 is 17.4 Å². The SMILES string of the molecule is Cc1cccc(F)c1N1CCC(n2c(=O)n(Cc3ccccc3C(F)(F)F)c3c(N4CCN(C)CC4)nccc32)C1. The summed E-state index contributed by atoms with van der Waals surface area (Å²) >= 11 is 0. The fourth-order valence-corrected chi connectivity index (χ4v) is 6.25. The van der Waals surface area contributed by atoms with Crippen molar-refractivity contribution in [2.45, 2.75) is 32.1 Å². The van der Waals surface area contributed by atoms with Gasteiger partial charge in [0.2, 0.25) is 0 Å². The highest BCUT2D eigenvalue weighted by molar-refractivity contribution is 5.87. The van der Waals surface area contributed by atoms with Gasteiger partial charge in [-0.15, -0.1) is 0 Å². The van der Waals surface area contributed by atoms with Gasteiger partial charge in [-0.25, -0.2) is 14.2 Å². The molecule has 4 heterocycles. The topological polar surface area (TPSA) is 49.5 Å². The van der Waals surface area contributed by atoms with E-state index in [1.165, 1.54) is 22.8 Å². The van der Waals surface area contributed by atoms with E-state index in [2.05, 4.69) is 14.8 Å². The molecule has 0 aliphatic carbocycles. The van der Waals surface area contributed by atoms with Gasteiger partial charge in [-0.3, -0.25) is 9.13 Å². The van der Waals surface area contributed by atoms with E-state index in [1.807, 2.05) is 24.9 Å². The zero-order valence-corrected chi connectivity index (χ0v) is 23.0. The van der Waals surface area contributed by atoms with Crippen molar-refractivity contribution in [3.8, 4) is 0 Å². The lowest BCUT2D eigenvalue weighted by atomic mass is 10.1. The van der Waals surface area contributed by atoms with Crippen LogP contribution in [0.1, 0.15) is 29.2 Å². The van der Waals surface area contributed by atoms with Gasteiger partial charge in [0.05, 0.1) is 29.4 Å². The van der Waals surface area contributed by atoms with Crippen LogP contribution in [0.5, 0.6) is 0 Å². The Bertz CT molecular complexity index is 1620. The summed E-state index contributed by atoms with van der Waals surface area (Å²) in [4.78, 5) is 25.1. The van der Waals surface area contributed by atoms with Crippen LogP contribution in [0.3, 0.4) is 0 Å². The third-order valence-corrected chi connectivity index (χ3v) is 8.34. The van der Waals surface area contributed by atoms with E-state index in [9.17, 15) is 22.4 Å². The molecule has 2 saturated heterocycles. The van der Waals surface area contributed by atoms with Crippen molar-refractivity contribution in [1.29, 1.82) is 0 Å². The predicted octanol–water partition coefficient (Wildman–Crippen LogP) is 4.92. The smallest absolute Gasteiger partial charge is 0.367 e. The molecule has 2 aliphatic rings. The molecule has 7 nitrogen and oxygen atoms in total. The summed E-state index contributed by atoms with van der Waals surface area (Å²) in [6, 6.07) is 11.8. The molecule has 0 N–H and O–H groups in total. The zero-order chi connectivity index (χ0) is 28.9. The second-order valence-corrected chi connectivity index (χ2v) is 11.0. The van der Waals surface area contributed by atoms with Crippen LogP contribution in [0, 0.1) is 12.7 Å². The van der Waals surface area contributed by atoms with Crippen LogP contribution in [0.4, 0.5) is 29.1 Å². The first-order valence-corrected chi connectivity index (χ1v) is 13.8. The van der Waals surface area contributed by atoms with Crippen LogP contribution in [-0.2, 0) is 12.7 Å². The molecule has 0 amide bonds. The monoisotopic (exact) mass is 568 g/mol. The second-order valence-electron chi connectivity index (χ2n) is 11.0. The number of anilines is 2. The summed E-state index contributed by atoms with van der Waals surface area (Å²) in [7, 11) is 2.04. The van der Waals surface area contributed by atoms with Gasteiger partial charge < -0.3 is 14.7 Å². The molecule has 0 bridgehead atoms. The maximum absolute atomic E-state index is 14.8. The fourth-order valence-electron chi connectivity index (χ4n) is 6.25. The number of alkyl halides is 3. The Morgan fingerprint density at radius 3 is 2.44 bits per heavy atom. The number of benzene rings is 2. The summed E-state index contributed by atoms with van der Waals surface area (Å²) in [6.45, 7) is 5.56. The van der Waals surface area contributed by atoms with Crippen molar-refractivity contribution < 1.29 is 17.6 Å². The predicted molar refractivity (Wildman–Crippen MR) is 151 cm³/mol. The van der Waals surface area contributed by atoms with Crippen molar-refractivity contribution >= 4 is 22.5 Å². The summed E-state index contributed by atoms with van der Waals surface area (Å²) in [5.74, 6) is 0.279. The Balaban J connectivity index is 1.48. The minimum absolute atomic E-state index is 0.0179. The maximum atomic E-state index is 14.8. The van der Waals surface area contributed by atoms with E-state index in [-0.39, 0.29) is 24.0 Å². The lowest BCUT2D eigenvalue weighted by Crippen LogP contribution is -2.45. The number of fused-ring (bicyclic) bond motifs is 1. The summed E-state index contributed by atoms with van der Waals surface area (Å²) in [6.07, 6.45) is -2.30. The van der Waals surface area contributed by atoms with Gasteiger partial charge in [0.1, 0.15) is 11.3 Å². The summed E-state index contributed by atoms with van der Waals surface area (Å²) in [5, 5.41) is 0. The number of halogens is 4. The van der Waals surface area contributed by atoms with Crippen molar-refractivity contribution in [3.05, 3.63) is 87.7 Å². The Morgan fingerprint density at radius 2 is 1.71 bits per heavy atom. The number of pyridine rings is 1. The second kappa shape index (κ2) is 10.5. The highest BCUT2D eigenvalue weighted by atomic mass is 19.4. The maximum Gasteiger partial charge on any atom is 0.416 e. The molecule has 2 fully saturated rings. The number of piperazine rings is 1. The minimum Gasteiger partial charge on any atom is -0.367 e. The van der Waals surface area contributed by atoms with Crippen LogP contribution >= 0.6 is 0 Å². The zero-order valence-electron chi connectivity index (χ0n) is 23.0. The Morgan fingerprint density at radius 1 is 0.951 bits per heavy atom. The highest BCUT2D eigenvalue weighted by Gasteiger charge is 2.35. The molecule has 2 aliphatic heterocycles. The molecular formula is C30H32F4N6O. The van der Waals surface area contributed by atoms with Crippen LogP contribution < -0.4 is 15.5 Å². The van der Waals surface area contributed by atoms with Crippen molar-refractivity contribution in [2.75, 3.05) is 56.1 Å². The molecule has 0 saturated carbocycles. The Hall–Kier alpha value is -3.86. The average molecular weight is 569 g/mol. The van der Waals surface area contributed by atoms with Crippen molar-refractivity contribution in [2.24, 2.45) is 0 Å². The van der Waals surface area contributed by atoms with Gasteiger partial charge in [0.25, 0.3) is 0 Å². The molecule has 2 aromatic carbocycles. The average Bonchev–Trinajstić information content (AvgIpc) is 3.51. The number of hydrogen-bond donors (Lipinski definition) is 0. The number of imidazole rings is 1. The van der Waals surface area contributed by atoms with Gasteiger partial charge in [-0.2, -0.15) is 13.2 Å². The first kappa shape index (κ1) is 27.3. The first-order valence-electron chi connectivity index (χ1n) is 13.8. The molecule has 1 atom stereocenters. The van der Waals surface area contributed by atoms with Gasteiger partial charge in [0, 0.05) is 45.5 Å². The standard InChI is InChI=1S/C30H32F4N6O/c1-20-6-5-9-24(31)26(20)38-13-11-22(19-38)40-25-10-12-35-28(37-16-14-36(2)15-17-37)27(25)39(29(40)41)18-21-7-3-4-8-23(21)30(32,33)34/h3-10,12,22H,11,13-19H2,1-2H3. The van der Waals surface area contributed by atoms with Crippen LogP contribution in [0.25, 0.3) is 11.0 Å². The largest absolute Gasteiger partial charge is 0.416 e. The van der Waals surface area contributed by atoms with Crippen molar-refractivity contribution in [3.63, 3.8) is 0 Å². The quantitative estimate of drug-likeness (QED) is 0.320. The first-order chi connectivity index (χ1) is 19.6.